The molecule has 1 aliphatic rings. The average Bonchev–Trinajstić information content (AvgIpc) is 3.25. The zero-order valence-corrected chi connectivity index (χ0v) is 12.0. The zero-order valence-electron chi connectivity index (χ0n) is 11.2. The van der Waals surface area contributed by atoms with Crippen LogP contribution in [0.3, 0.4) is 0 Å². The summed E-state index contributed by atoms with van der Waals surface area (Å²) >= 11 is 5.07. The van der Waals surface area contributed by atoms with Gasteiger partial charge in [0.15, 0.2) is 5.11 Å². The summed E-state index contributed by atoms with van der Waals surface area (Å²) < 4.78 is 0. The number of amides is 2. The van der Waals surface area contributed by atoms with E-state index < -0.39 is 0 Å². The Labute approximate surface area is 123 Å². The van der Waals surface area contributed by atoms with Gasteiger partial charge in [-0.25, -0.2) is 0 Å². The number of hydrogen-bond acceptors (Lipinski definition) is 3. The van der Waals surface area contributed by atoms with E-state index in [2.05, 4.69) is 16.0 Å². The maximum absolute atomic E-state index is 11.5. The largest absolute Gasteiger partial charge is 0.359 e. The van der Waals surface area contributed by atoms with E-state index in [-0.39, 0.29) is 17.7 Å². The molecule has 0 radical (unpaired) electrons. The van der Waals surface area contributed by atoms with Crippen molar-refractivity contribution >= 4 is 34.8 Å². The number of likely N-dealkylation sites (N-methyl/N-ethyl adjacent to an activating group) is 1. The van der Waals surface area contributed by atoms with Gasteiger partial charge in [-0.1, -0.05) is 12.1 Å². The van der Waals surface area contributed by atoms with E-state index in [0.29, 0.717) is 11.5 Å². The normalized spacial score (nSPS) is 13.4. The van der Waals surface area contributed by atoms with Crippen LogP contribution in [-0.2, 0) is 16.0 Å². The van der Waals surface area contributed by atoms with Gasteiger partial charge < -0.3 is 16.0 Å². The fourth-order valence-electron chi connectivity index (χ4n) is 1.70. The lowest BCUT2D eigenvalue weighted by Gasteiger charge is -2.09. The molecule has 20 heavy (non-hydrogen) atoms. The standard InChI is InChI=1S/C14H17N3O2S/c1-15-12(18)8-9-2-6-11(7-3-9)16-14(20)17-13(19)10-4-5-10/h2-3,6-7,10H,4-5,8H2,1H3,(H,15,18)(H2,16,17,19,20). The molecule has 1 aliphatic carbocycles. The highest BCUT2D eigenvalue weighted by atomic mass is 32.1. The highest BCUT2D eigenvalue weighted by Gasteiger charge is 2.29. The molecule has 1 fully saturated rings. The minimum Gasteiger partial charge on any atom is -0.359 e. The van der Waals surface area contributed by atoms with Crippen LogP contribution in [0, 0.1) is 5.92 Å². The second-order valence-electron chi connectivity index (χ2n) is 4.76. The molecule has 0 aromatic heterocycles. The lowest BCUT2D eigenvalue weighted by atomic mass is 10.1. The van der Waals surface area contributed by atoms with Crippen molar-refractivity contribution in [3.05, 3.63) is 29.8 Å². The summed E-state index contributed by atoms with van der Waals surface area (Å²) in [4.78, 5) is 22.8. The second-order valence-corrected chi connectivity index (χ2v) is 5.17. The maximum Gasteiger partial charge on any atom is 0.229 e. The van der Waals surface area contributed by atoms with Gasteiger partial charge in [-0.05, 0) is 42.8 Å². The van der Waals surface area contributed by atoms with Crippen LogP contribution in [0.4, 0.5) is 5.69 Å². The molecular weight excluding hydrogens is 274 g/mol. The third-order valence-electron chi connectivity index (χ3n) is 3.04. The van der Waals surface area contributed by atoms with Crippen molar-refractivity contribution in [2.75, 3.05) is 12.4 Å². The van der Waals surface area contributed by atoms with Crippen molar-refractivity contribution in [3.8, 4) is 0 Å². The van der Waals surface area contributed by atoms with Gasteiger partial charge in [-0.3, -0.25) is 9.59 Å². The van der Waals surface area contributed by atoms with E-state index in [0.717, 1.165) is 24.1 Å². The predicted molar refractivity (Wildman–Crippen MR) is 81.3 cm³/mol. The highest BCUT2D eigenvalue weighted by Crippen LogP contribution is 2.28. The smallest absolute Gasteiger partial charge is 0.229 e. The third kappa shape index (κ3) is 4.31. The van der Waals surface area contributed by atoms with Crippen molar-refractivity contribution in [3.63, 3.8) is 0 Å². The maximum atomic E-state index is 11.5. The summed E-state index contributed by atoms with van der Waals surface area (Å²) in [5.74, 6) is 0.0846. The minimum absolute atomic E-state index is 0.0151. The molecule has 106 valence electrons. The van der Waals surface area contributed by atoms with Crippen LogP contribution >= 0.6 is 12.2 Å². The Hall–Kier alpha value is -1.95. The van der Waals surface area contributed by atoms with Gasteiger partial charge in [-0.15, -0.1) is 0 Å². The molecule has 0 aliphatic heterocycles. The number of hydrogen-bond donors (Lipinski definition) is 3. The quantitative estimate of drug-likeness (QED) is 0.729. The lowest BCUT2D eigenvalue weighted by Crippen LogP contribution is -2.35. The Morgan fingerprint density at radius 1 is 1.25 bits per heavy atom. The first kappa shape index (κ1) is 14.5. The fourth-order valence-corrected chi connectivity index (χ4v) is 1.92. The first-order valence-electron chi connectivity index (χ1n) is 6.50. The van der Waals surface area contributed by atoms with E-state index in [4.69, 9.17) is 12.2 Å². The van der Waals surface area contributed by atoms with Crippen LogP contribution in [-0.4, -0.2) is 24.0 Å². The Morgan fingerprint density at radius 3 is 2.45 bits per heavy atom. The minimum atomic E-state index is -0.0297. The number of thiocarbonyl (C=S) groups is 1. The molecular formula is C14H17N3O2S. The Bertz CT molecular complexity index is 524. The monoisotopic (exact) mass is 291 g/mol. The van der Waals surface area contributed by atoms with Crippen LogP contribution in [0.15, 0.2) is 24.3 Å². The number of carbonyl (C=O) groups excluding carboxylic acids is 2. The molecule has 6 heteroatoms. The molecule has 1 aromatic rings. The molecule has 0 atom stereocenters. The van der Waals surface area contributed by atoms with E-state index >= 15 is 0 Å². The van der Waals surface area contributed by atoms with Crippen LogP contribution in [0.1, 0.15) is 18.4 Å². The number of carbonyl (C=O) groups is 2. The summed E-state index contributed by atoms with van der Waals surface area (Å²) in [6.45, 7) is 0. The highest BCUT2D eigenvalue weighted by molar-refractivity contribution is 7.80. The van der Waals surface area contributed by atoms with Gasteiger partial charge in [0.05, 0.1) is 6.42 Å². The van der Waals surface area contributed by atoms with Crippen molar-refractivity contribution in [2.45, 2.75) is 19.3 Å². The molecule has 0 heterocycles. The molecule has 2 amide bonds. The number of anilines is 1. The number of rotatable bonds is 4. The summed E-state index contributed by atoms with van der Waals surface area (Å²) in [6, 6.07) is 7.35. The Kier molecular flexibility index (Phi) is 4.68. The summed E-state index contributed by atoms with van der Waals surface area (Å²) in [5.41, 5.74) is 1.70. The molecule has 0 bridgehead atoms. The number of benzene rings is 1. The first-order valence-corrected chi connectivity index (χ1v) is 6.90. The molecule has 3 N–H and O–H groups in total. The van der Waals surface area contributed by atoms with E-state index in [9.17, 15) is 9.59 Å². The Balaban J connectivity index is 1.84. The molecule has 0 unspecified atom stereocenters. The van der Waals surface area contributed by atoms with Gasteiger partial charge in [0.1, 0.15) is 0 Å². The third-order valence-corrected chi connectivity index (χ3v) is 3.24. The predicted octanol–water partition coefficient (Wildman–Crippen LogP) is 1.20. The van der Waals surface area contributed by atoms with E-state index in [1.165, 1.54) is 0 Å². The van der Waals surface area contributed by atoms with Gasteiger partial charge in [-0.2, -0.15) is 0 Å². The van der Waals surface area contributed by atoms with Crippen molar-refractivity contribution in [1.29, 1.82) is 0 Å². The van der Waals surface area contributed by atoms with E-state index in [1.54, 1.807) is 7.05 Å². The van der Waals surface area contributed by atoms with Crippen LogP contribution in [0.2, 0.25) is 0 Å². The van der Waals surface area contributed by atoms with Crippen LogP contribution in [0.5, 0.6) is 0 Å². The molecule has 2 rings (SSSR count). The SMILES string of the molecule is CNC(=O)Cc1ccc(NC(=S)NC(=O)C2CC2)cc1. The van der Waals surface area contributed by atoms with Gasteiger partial charge >= 0.3 is 0 Å². The molecule has 1 aromatic carbocycles. The molecule has 0 spiro atoms. The van der Waals surface area contributed by atoms with Crippen molar-refractivity contribution in [1.82, 2.24) is 10.6 Å². The lowest BCUT2D eigenvalue weighted by molar-refractivity contribution is -0.121. The zero-order chi connectivity index (χ0) is 14.5. The number of nitrogens with one attached hydrogen (secondary N) is 3. The molecule has 0 saturated heterocycles. The molecule has 5 nitrogen and oxygen atoms in total. The summed E-state index contributed by atoms with van der Waals surface area (Å²) in [5, 5.41) is 8.49. The first-order chi connectivity index (χ1) is 9.58. The topological polar surface area (TPSA) is 70.2 Å². The van der Waals surface area contributed by atoms with Crippen LogP contribution < -0.4 is 16.0 Å². The fraction of sp³-hybridized carbons (Fsp3) is 0.357. The van der Waals surface area contributed by atoms with Crippen LogP contribution in [0.25, 0.3) is 0 Å². The van der Waals surface area contributed by atoms with Crippen molar-refractivity contribution in [2.24, 2.45) is 5.92 Å². The van der Waals surface area contributed by atoms with Gasteiger partial charge in [0.25, 0.3) is 0 Å². The van der Waals surface area contributed by atoms with Gasteiger partial charge in [0, 0.05) is 18.7 Å². The van der Waals surface area contributed by atoms with Crippen molar-refractivity contribution < 1.29 is 9.59 Å². The van der Waals surface area contributed by atoms with E-state index in [1.807, 2.05) is 24.3 Å². The second kappa shape index (κ2) is 6.47. The summed E-state index contributed by atoms with van der Waals surface area (Å²) in [6.07, 6.45) is 2.24. The Morgan fingerprint density at radius 2 is 1.90 bits per heavy atom. The molecule has 1 saturated carbocycles. The summed E-state index contributed by atoms with van der Waals surface area (Å²) in [7, 11) is 1.61. The van der Waals surface area contributed by atoms with Gasteiger partial charge in [0.2, 0.25) is 11.8 Å². The average molecular weight is 291 g/mol.